The Balaban J connectivity index is 1.53. The second-order valence-electron chi connectivity index (χ2n) is 7.34. The average molecular weight is 536 g/mol. The molecule has 180 valence electrons. The third-order valence-electron chi connectivity index (χ3n) is 4.99. The number of urea groups is 1. The summed E-state index contributed by atoms with van der Waals surface area (Å²) < 4.78 is 15.8. The zero-order chi connectivity index (χ0) is 25.1. The van der Waals surface area contributed by atoms with Gasteiger partial charge in [-0.25, -0.2) is 9.59 Å². The van der Waals surface area contributed by atoms with Gasteiger partial charge in [-0.2, -0.15) is 0 Å². The third-order valence-corrected chi connectivity index (χ3v) is 5.82. The quantitative estimate of drug-likeness (QED) is 0.237. The van der Waals surface area contributed by atoms with Crippen molar-refractivity contribution >= 4 is 58.8 Å². The van der Waals surface area contributed by atoms with Crippen LogP contribution in [0.15, 0.2) is 58.6 Å². The lowest BCUT2D eigenvalue weighted by atomic mass is 10.1. The predicted octanol–water partition coefficient (Wildman–Crippen LogP) is 5.70. The molecule has 3 amide bonds. The van der Waals surface area contributed by atoms with Crippen molar-refractivity contribution in [2.45, 2.75) is 13.2 Å². The van der Waals surface area contributed by atoms with E-state index in [4.69, 9.17) is 44.0 Å². The topological polar surface area (TPSA) is 98.1 Å². The van der Waals surface area contributed by atoms with E-state index < -0.39 is 17.9 Å². The van der Waals surface area contributed by atoms with Crippen LogP contribution in [0.5, 0.6) is 5.75 Å². The highest BCUT2D eigenvalue weighted by molar-refractivity contribution is 6.35. The number of hydrogen-bond acceptors (Lipinski definition) is 6. The fourth-order valence-corrected chi connectivity index (χ4v) is 3.90. The molecule has 0 atom stereocenters. The summed E-state index contributed by atoms with van der Waals surface area (Å²) in [4.78, 5) is 37.9. The fraction of sp³-hybridized carbons (Fsp3) is 0.125. The number of esters is 1. The molecule has 2 heterocycles. The van der Waals surface area contributed by atoms with E-state index in [0.29, 0.717) is 31.9 Å². The van der Waals surface area contributed by atoms with Crippen molar-refractivity contribution in [2.24, 2.45) is 0 Å². The van der Waals surface area contributed by atoms with Gasteiger partial charge in [0.1, 0.15) is 23.8 Å². The molecule has 4 rings (SSSR count). The Morgan fingerprint density at radius 3 is 2.54 bits per heavy atom. The molecule has 1 fully saturated rings. The number of ether oxygens (including phenoxy) is 2. The summed E-state index contributed by atoms with van der Waals surface area (Å²) in [6.07, 6.45) is 1.47. The van der Waals surface area contributed by atoms with E-state index in [-0.39, 0.29) is 30.4 Å². The van der Waals surface area contributed by atoms with Gasteiger partial charge in [0.15, 0.2) is 0 Å². The van der Waals surface area contributed by atoms with Crippen molar-refractivity contribution in [3.63, 3.8) is 0 Å². The molecule has 8 nitrogen and oxygen atoms in total. The first-order chi connectivity index (χ1) is 16.7. The molecule has 0 saturated carbocycles. The largest absolute Gasteiger partial charge is 0.488 e. The maximum atomic E-state index is 12.9. The number of nitrogens with one attached hydrogen (secondary N) is 1. The normalized spacial score (nSPS) is 14.4. The highest BCUT2D eigenvalue weighted by atomic mass is 35.5. The Labute approximate surface area is 214 Å². The van der Waals surface area contributed by atoms with Crippen LogP contribution in [0.25, 0.3) is 6.08 Å². The van der Waals surface area contributed by atoms with Gasteiger partial charge in [-0.3, -0.25) is 9.69 Å². The van der Waals surface area contributed by atoms with E-state index in [1.54, 1.807) is 36.4 Å². The summed E-state index contributed by atoms with van der Waals surface area (Å²) in [7, 11) is 1.22. The number of nitrogens with zero attached hydrogens (tertiary/aromatic N) is 1. The SMILES string of the molecule is COC(=O)c1ccc(CN2C(=O)N/C(=C\c3cc(Cl)ccc3OCc3ccc(Cl)cc3Cl)C2=O)o1. The first-order valence-electron chi connectivity index (χ1n) is 10.1. The van der Waals surface area contributed by atoms with Gasteiger partial charge in [-0.15, -0.1) is 0 Å². The summed E-state index contributed by atoms with van der Waals surface area (Å²) >= 11 is 18.3. The molecule has 1 saturated heterocycles. The number of carbonyl (C=O) groups is 3. The van der Waals surface area contributed by atoms with Crippen LogP contribution in [-0.2, 0) is 22.7 Å². The van der Waals surface area contributed by atoms with Gasteiger partial charge in [-0.1, -0.05) is 40.9 Å². The molecule has 0 bridgehead atoms. The van der Waals surface area contributed by atoms with Crippen LogP contribution in [-0.4, -0.2) is 29.9 Å². The number of halogens is 3. The second kappa shape index (κ2) is 10.4. The van der Waals surface area contributed by atoms with Crippen LogP contribution in [0.2, 0.25) is 15.1 Å². The molecule has 1 aliphatic heterocycles. The third kappa shape index (κ3) is 5.62. The van der Waals surface area contributed by atoms with Gasteiger partial charge < -0.3 is 19.2 Å². The van der Waals surface area contributed by atoms with Crippen molar-refractivity contribution in [1.29, 1.82) is 0 Å². The van der Waals surface area contributed by atoms with Crippen LogP contribution in [0.1, 0.15) is 27.4 Å². The summed E-state index contributed by atoms with van der Waals surface area (Å²) in [5, 5.41) is 3.90. The standard InChI is InChI=1S/C24H17Cl3N2O6/c1-33-23(31)21-7-5-17(35-21)11-29-22(30)19(28-24(29)32)9-14-8-15(25)4-6-20(14)34-12-13-2-3-16(26)10-18(13)27/h2-10H,11-12H2,1H3,(H,28,32)/b19-9-. The fourth-order valence-electron chi connectivity index (χ4n) is 3.26. The molecule has 3 aromatic rings. The van der Waals surface area contributed by atoms with Crippen LogP contribution < -0.4 is 10.1 Å². The van der Waals surface area contributed by atoms with Gasteiger partial charge in [0.2, 0.25) is 5.76 Å². The number of benzene rings is 2. The Morgan fingerprint density at radius 1 is 1.06 bits per heavy atom. The molecular weight excluding hydrogens is 519 g/mol. The molecule has 0 spiro atoms. The lowest BCUT2D eigenvalue weighted by Crippen LogP contribution is -2.30. The maximum Gasteiger partial charge on any atom is 0.373 e. The van der Waals surface area contributed by atoms with E-state index in [1.165, 1.54) is 25.3 Å². The van der Waals surface area contributed by atoms with Crippen molar-refractivity contribution in [3.8, 4) is 5.75 Å². The number of furan rings is 1. The molecule has 35 heavy (non-hydrogen) atoms. The Kier molecular flexibility index (Phi) is 7.35. The second-order valence-corrected chi connectivity index (χ2v) is 8.62. The lowest BCUT2D eigenvalue weighted by Gasteiger charge is -2.12. The molecule has 2 aromatic carbocycles. The molecule has 0 aliphatic carbocycles. The molecule has 11 heteroatoms. The van der Waals surface area contributed by atoms with E-state index in [1.807, 2.05) is 0 Å². The smallest absolute Gasteiger partial charge is 0.373 e. The highest BCUT2D eigenvalue weighted by Crippen LogP contribution is 2.29. The zero-order valence-corrected chi connectivity index (χ0v) is 20.4. The van der Waals surface area contributed by atoms with Crippen LogP contribution in [0, 0.1) is 0 Å². The Hall–Kier alpha value is -3.46. The molecule has 0 unspecified atom stereocenters. The number of carbonyl (C=O) groups excluding carboxylic acids is 3. The highest BCUT2D eigenvalue weighted by Gasteiger charge is 2.34. The van der Waals surface area contributed by atoms with Crippen LogP contribution in [0.4, 0.5) is 4.79 Å². The molecule has 1 N–H and O–H groups in total. The van der Waals surface area contributed by atoms with Gasteiger partial charge in [-0.05, 0) is 48.5 Å². The zero-order valence-electron chi connectivity index (χ0n) is 18.1. The van der Waals surface area contributed by atoms with Gasteiger partial charge in [0.05, 0.1) is 13.7 Å². The molecule has 1 aliphatic rings. The summed E-state index contributed by atoms with van der Waals surface area (Å²) in [6, 6.07) is 12.2. The van der Waals surface area contributed by atoms with E-state index >= 15 is 0 Å². The van der Waals surface area contributed by atoms with Gasteiger partial charge in [0.25, 0.3) is 5.91 Å². The lowest BCUT2D eigenvalue weighted by molar-refractivity contribution is -0.123. The van der Waals surface area contributed by atoms with E-state index in [2.05, 4.69) is 10.1 Å². The molecule has 0 radical (unpaired) electrons. The number of imide groups is 1. The molecular formula is C24H17Cl3N2O6. The van der Waals surface area contributed by atoms with Gasteiger partial charge in [0, 0.05) is 26.2 Å². The Morgan fingerprint density at radius 2 is 1.80 bits per heavy atom. The minimum absolute atomic E-state index is 0.0198. The van der Waals surface area contributed by atoms with Crippen molar-refractivity contribution in [3.05, 3.63) is 91.9 Å². The molecule has 1 aromatic heterocycles. The number of amides is 3. The minimum Gasteiger partial charge on any atom is -0.488 e. The monoisotopic (exact) mass is 534 g/mol. The van der Waals surface area contributed by atoms with E-state index in [9.17, 15) is 14.4 Å². The first kappa shape index (κ1) is 24.7. The van der Waals surface area contributed by atoms with Crippen LogP contribution >= 0.6 is 34.8 Å². The van der Waals surface area contributed by atoms with Crippen molar-refractivity contribution in [2.75, 3.05) is 7.11 Å². The first-order valence-corrected chi connectivity index (χ1v) is 11.3. The number of methoxy groups -OCH3 is 1. The summed E-state index contributed by atoms with van der Waals surface area (Å²) in [5.74, 6) is -0.629. The average Bonchev–Trinajstić information content (AvgIpc) is 3.39. The summed E-state index contributed by atoms with van der Waals surface area (Å²) in [6.45, 7) is -0.0335. The van der Waals surface area contributed by atoms with Gasteiger partial charge >= 0.3 is 12.0 Å². The maximum absolute atomic E-state index is 12.9. The predicted molar refractivity (Wildman–Crippen MR) is 129 cm³/mol. The minimum atomic E-state index is -0.664. The van der Waals surface area contributed by atoms with Crippen molar-refractivity contribution in [1.82, 2.24) is 10.2 Å². The Bertz CT molecular complexity index is 1350. The van der Waals surface area contributed by atoms with Crippen molar-refractivity contribution < 1.29 is 28.3 Å². The summed E-state index contributed by atoms with van der Waals surface area (Å²) in [5.41, 5.74) is 1.20. The number of hydrogen-bond donors (Lipinski definition) is 1. The van der Waals surface area contributed by atoms with E-state index in [0.717, 1.165) is 4.90 Å². The van der Waals surface area contributed by atoms with Crippen LogP contribution in [0.3, 0.4) is 0 Å². The number of rotatable bonds is 7.